The highest BCUT2D eigenvalue weighted by atomic mass is 32.2. The van der Waals surface area contributed by atoms with E-state index in [1.165, 1.54) is 32.1 Å². The van der Waals surface area contributed by atoms with Crippen LogP contribution in [0.25, 0.3) is 0 Å². The first kappa shape index (κ1) is 15.9. The highest BCUT2D eigenvalue weighted by molar-refractivity contribution is 7.91. The molecule has 1 fully saturated rings. The van der Waals surface area contributed by atoms with Crippen LogP contribution in [0.2, 0.25) is 0 Å². The molecule has 0 spiro atoms. The minimum atomic E-state index is -2.75. The van der Waals surface area contributed by atoms with Crippen molar-refractivity contribution in [3.8, 4) is 0 Å². The smallest absolute Gasteiger partial charge is 0.150 e. The molecular formula is C13H28N2O2S. The van der Waals surface area contributed by atoms with Crippen LogP contribution in [0.4, 0.5) is 0 Å². The van der Waals surface area contributed by atoms with E-state index in [9.17, 15) is 8.42 Å². The molecule has 0 aromatic heterocycles. The molecule has 108 valence electrons. The number of nitrogens with two attached hydrogens (primary N) is 1. The first-order valence-corrected chi connectivity index (χ1v) is 9.06. The molecule has 2 unspecified atom stereocenters. The van der Waals surface area contributed by atoms with Crippen LogP contribution in [0.5, 0.6) is 0 Å². The molecule has 0 radical (unpaired) electrons. The maximum Gasteiger partial charge on any atom is 0.150 e. The lowest BCUT2D eigenvalue weighted by atomic mass is 9.96. The standard InChI is InChI=1S/C13H28N2O2S/c1-2-3-4-5-6-7-13(15-14)10-12-8-9-18(16,17)11-12/h12-13,15H,2-11,14H2,1H3. The Bertz CT molecular complexity index is 317. The van der Waals surface area contributed by atoms with Crippen LogP contribution in [-0.4, -0.2) is 26.0 Å². The fourth-order valence-corrected chi connectivity index (χ4v) is 4.60. The van der Waals surface area contributed by atoms with Gasteiger partial charge in [0.05, 0.1) is 11.5 Å². The van der Waals surface area contributed by atoms with Crippen molar-refractivity contribution in [1.29, 1.82) is 0 Å². The van der Waals surface area contributed by atoms with Crippen molar-refractivity contribution in [2.75, 3.05) is 11.5 Å². The average Bonchev–Trinajstić information content (AvgIpc) is 2.67. The zero-order chi connectivity index (χ0) is 13.4. The Balaban J connectivity index is 2.17. The molecule has 1 aliphatic heterocycles. The summed E-state index contributed by atoms with van der Waals surface area (Å²) >= 11 is 0. The number of rotatable bonds is 9. The molecule has 1 rings (SSSR count). The highest BCUT2D eigenvalue weighted by Crippen LogP contribution is 2.24. The molecule has 0 aromatic rings. The summed E-state index contributed by atoms with van der Waals surface area (Å²) in [7, 11) is -2.75. The minimum Gasteiger partial charge on any atom is -0.271 e. The summed E-state index contributed by atoms with van der Waals surface area (Å²) in [4.78, 5) is 0. The summed E-state index contributed by atoms with van der Waals surface area (Å²) in [5.41, 5.74) is 2.85. The van der Waals surface area contributed by atoms with Crippen LogP contribution >= 0.6 is 0 Å². The van der Waals surface area contributed by atoms with Gasteiger partial charge in [0.2, 0.25) is 0 Å². The molecule has 3 N–H and O–H groups in total. The van der Waals surface area contributed by atoms with Crippen molar-refractivity contribution in [2.45, 2.75) is 64.3 Å². The minimum absolute atomic E-state index is 0.282. The summed E-state index contributed by atoms with van der Waals surface area (Å²) in [6.07, 6.45) is 9.10. The second-order valence-electron chi connectivity index (χ2n) is 5.57. The summed E-state index contributed by atoms with van der Waals surface area (Å²) in [5, 5.41) is 0. The number of hydrogen-bond donors (Lipinski definition) is 2. The molecule has 0 bridgehead atoms. The van der Waals surface area contributed by atoms with Crippen LogP contribution in [0, 0.1) is 5.92 Å². The van der Waals surface area contributed by atoms with E-state index in [2.05, 4.69) is 12.3 Å². The highest BCUT2D eigenvalue weighted by Gasteiger charge is 2.29. The van der Waals surface area contributed by atoms with Gasteiger partial charge in [0.15, 0.2) is 9.84 Å². The van der Waals surface area contributed by atoms with Crippen molar-refractivity contribution in [3.05, 3.63) is 0 Å². The van der Waals surface area contributed by atoms with E-state index in [-0.39, 0.29) is 6.04 Å². The maximum atomic E-state index is 11.4. The van der Waals surface area contributed by atoms with Gasteiger partial charge in [-0.2, -0.15) is 0 Å². The molecule has 2 atom stereocenters. The van der Waals surface area contributed by atoms with Gasteiger partial charge in [-0.1, -0.05) is 39.0 Å². The number of sulfone groups is 1. The van der Waals surface area contributed by atoms with Crippen molar-refractivity contribution in [2.24, 2.45) is 11.8 Å². The predicted octanol–water partition coefficient (Wildman–Crippen LogP) is 2.00. The van der Waals surface area contributed by atoms with Crippen molar-refractivity contribution >= 4 is 9.84 Å². The second kappa shape index (κ2) is 8.12. The Morgan fingerprint density at radius 2 is 2.00 bits per heavy atom. The summed E-state index contributed by atoms with van der Waals surface area (Å²) < 4.78 is 22.8. The van der Waals surface area contributed by atoms with Gasteiger partial charge in [0.1, 0.15) is 0 Å². The quantitative estimate of drug-likeness (QED) is 0.384. The van der Waals surface area contributed by atoms with Gasteiger partial charge in [-0.05, 0) is 25.2 Å². The van der Waals surface area contributed by atoms with Crippen molar-refractivity contribution < 1.29 is 8.42 Å². The summed E-state index contributed by atoms with van der Waals surface area (Å²) in [6.45, 7) is 2.21. The Hall–Kier alpha value is -0.130. The Labute approximate surface area is 112 Å². The average molecular weight is 276 g/mol. The Kier molecular flexibility index (Phi) is 7.19. The first-order chi connectivity index (χ1) is 8.57. The predicted molar refractivity (Wildman–Crippen MR) is 75.9 cm³/mol. The third-order valence-electron chi connectivity index (χ3n) is 3.84. The van der Waals surface area contributed by atoms with E-state index in [0.29, 0.717) is 17.4 Å². The molecule has 0 saturated carbocycles. The van der Waals surface area contributed by atoms with Gasteiger partial charge < -0.3 is 0 Å². The van der Waals surface area contributed by atoms with Crippen LogP contribution in [0.3, 0.4) is 0 Å². The third-order valence-corrected chi connectivity index (χ3v) is 5.67. The van der Waals surface area contributed by atoms with Crippen LogP contribution in [0.15, 0.2) is 0 Å². The van der Waals surface area contributed by atoms with Gasteiger partial charge in [0, 0.05) is 6.04 Å². The normalized spacial score (nSPS) is 24.2. The van der Waals surface area contributed by atoms with E-state index in [4.69, 9.17) is 5.84 Å². The number of unbranched alkanes of at least 4 members (excludes halogenated alkanes) is 4. The summed E-state index contributed by atoms with van der Waals surface area (Å²) in [6, 6.07) is 0.282. The lowest BCUT2D eigenvalue weighted by Crippen LogP contribution is -2.36. The zero-order valence-corrected chi connectivity index (χ0v) is 12.3. The van der Waals surface area contributed by atoms with E-state index in [0.717, 1.165) is 19.3 Å². The first-order valence-electron chi connectivity index (χ1n) is 7.24. The molecule has 0 aliphatic carbocycles. The monoisotopic (exact) mass is 276 g/mol. The maximum absolute atomic E-state index is 11.4. The van der Waals surface area contributed by atoms with E-state index >= 15 is 0 Å². The molecule has 1 aliphatic rings. The molecule has 4 nitrogen and oxygen atoms in total. The number of nitrogens with one attached hydrogen (secondary N) is 1. The second-order valence-corrected chi connectivity index (χ2v) is 7.80. The van der Waals surface area contributed by atoms with Gasteiger partial charge in [-0.3, -0.25) is 11.3 Å². The van der Waals surface area contributed by atoms with E-state index < -0.39 is 9.84 Å². The SMILES string of the molecule is CCCCCCCC(CC1CCS(=O)(=O)C1)NN. The Morgan fingerprint density at radius 3 is 2.56 bits per heavy atom. The third kappa shape index (κ3) is 6.16. The van der Waals surface area contributed by atoms with Gasteiger partial charge in [0.25, 0.3) is 0 Å². The van der Waals surface area contributed by atoms with Crippen molar-refractivity contribution in [1.82, 2.24) is 5.43 Å². The largest absolute Gasteiger partial charge is 0.271 e. The molecule has 1 heterocycles. The topological polar surface area (TPSA) is 72.2 Å². The fourth-order valence-electron chi connectivity index (χ4n) is 2.72. The lowest BCUT2D eigenvalue weighted by Gasteiger charge is -2.18. The number of hydrazine groups is 1. The van der Waals surface area contributed by atoms with E-state index in [1.54, 1.807) is 0 Å². The molecule has 0 aromatic carbocycles. The van der Waals surface area contributed by atoms with Crippen LogP contribution < -0.4 is 11.3 Å². The van der Waals surface area contributed by atoms with Gasteiger partial charge in [-0.15, -0.1) is 0 Å². The molecular weight excluding hydrogens is 248 g/mol. The molecule has 0 amide bonds. The molecule has 5 heteroatoms. The Morgan fingerprint density at radius 1 is 1.28 bits per heavy atom. The molecule has 1 saturated heterocycles. The van der Waals surface area contributed by atoms with Crippen molar-refractivity contribution in [3.63, 3.8) is 0 Å². The van der Waals surface area contributed by atoms with Crippen LogP contribution in [0.1, 0.15) is 58.3 Å². The fraction of sp³-hybridized carbons (Fsp3) is 1.00. The number of hydrogen-bond acceptors (Lipinski definition) is 4. The van der Waals surface area contributed by atoms with E-state index in [1.807, 2.05) is 0 Å². The zero-order valence-electron chi connectivity index (χ0n) is 11.5. The molecule has 18 heavy (non-hydrogen) atoms. The van der Waals surface area contributed by atoms with Crippen LogP contribution in [-0.2, 0) is 9.84 Å². The summed E-state index contributed by atoms with van der Waals surface area (Å²) in [5.74, 6) is 6.60. The van der Waals surface area contributed by atoms with Gasteiger partial charge in [-0.25, -0.2) is 8.42 Å². The lowest BCUT2D eigenvalue weighted by molar-refractivity contribution is 0.379. The van der Waals surface area contributed by atoms with Gasteiger partial charge >= 0.3 is 0 Å².